The molecule has 1 aliphatic rings. The highest BCUT2D eigenvalue weighted by atomic mass is 32.2. The molecule has 25 heavy (non-hydrogen) atoms. The van der Waals surface area contributed by atoms with E-state index >= 15 is 0 Å². The van der Waals surface area contributed by atoms with E-state index in [4.69, 9.17) is 0 Å². The zero-order valence-corrected chi connectivity index (χ0v) is 15.2. The van der Waals surface area contributed by atoms with E-state index in [1.165, 1.54) is 6.20 Å². The number of imidazole rings is 1. The summed E-state index contributed by atoms with van der Waals surface area (Å²) in [5.74, 6) is 1.05. The molecular weight excluding hydrogens is 344 g/mol. The van der Waals surface area contributed by atoms with Gasteiger partial charge in [-0.3, -0.25) is 14.4 Å². The minimum absolute atomic E-state index is 0.0262. The van der Waals surface area contributed by atoms with Crippen LogP contribution in [0.25, 0.3) is 0 Å². The number of aryl methyl sites for hydroxylation is 1. The van der Waals surface area contributed by atoms with Crippen molar-refractivity contribution in [3.05, 3.63) is 24.3 Å². The van der Waals surface area contributed by atoms with Crippen molar-refractivity contribution in [2.45, 2.75) is 43.7 Å². The van der Waals surface area contributed by atoms with Crippen LogP contribution >= 0.6 is 0 Å². The molecule has 1 saturated heterocycles. The van der Waals surface area contributed by atoms with Crippen LogP contribution in [0.3, 0.4) is 0 Å². The lowest BCUT2D eigenvalue weighted by molar-refractivity contribution is -0.121. The molecule has 0 spiro atoms. The molecule has 2 aromatic heterocycles. The van der Waals surface area contributed by atoms with Crippen molar-refractivity contribution in [2.75, 3.05) is 11.4 Å². The van der Waals surface area contributed by atoms with Gasteiger partial charge in [0.15, 0.2) is 5.03 Å². The molecule has 1 aliphatic heterocycles. The molecule has 3 rings (SSSR count). The molecule has 2 N–H and O–H groups in total. The van der Waals surface area contributed by atoms with Crippen LogP contribution in [0, 0.1) is 0 Å². The summed E-state index contributed by atoms with van der Waals surface area (Å²) in [6, 6.07) is 0.929. The molecule has 136 valence electrons. The number of amides is 1. The lowest BCUT2D eigenvalue weighted by Gasteiger charge is -2.32. The van der Waals surface area contributed by atoms with Gasteiger partial charge in [-0.2, -0.15) is 9.82 Å². The van der Waals surface area contributed by atoms with Gasteiger partial charge in [0.1, 0.15) is 17.7 Å². The maximum absolute atomic E-state index is 12.7. The van der Waals surface area contributed by atoms with Gasteiger partial charge in [-0.25, -0.2) is 13.4 Å². The van der Waals surface area contributed by atoms with E-state index in [2.05, 4.69) is 19.8 Å². The number of rotatable bonds is 5. The average molecular weight is 366 g/mol. The molecular formula is C15H22N6O3S. The monoisotopic (exact) mass is 366 g/mol. The fourth-order valence-corrected chi connectivity index (χ4v) is 3.99. The Morgan fingerprint density at radius 3 is 2.76 bits per heavy atom. The summed E-state index contributed by atoms with van der Waals surface area (Å²) in [4.78, 5) is 21.2. The average Bonchev–Trinajstić information content (AvgIpc) is 3.19. The second kappa shape index (κ2) is 6.60. The fourth-order valence-electron chi connectivity index (χ4n) is 2.84. The molecule has 0 radical (unpaired) electrons. The van der Waals surface area contributed by atoms with Gasteiger partial charge in [0.05, 0.1) is 12.4 Å². The summed E-state index contributed by atoms with van der Waals surface area (Å²) < 4.78 is 29.2. The number of carbonyl (C=O) groups is 1. The van der Waals surface area contributed by atoms with Gasteiger partial charge >= 0.3 is 0 Å². The number of aromatic amines is 1. The van der Waals surface area contributed by atoms with Crippen molar-refractivity contribution in [1.29, 1.82) is 0 Å². The number of sulfonamides is 1. The standard InChI is InChI=1S/C15H22N6O3S/c1-10(2)14-16-9-12(18-14)25(23,24)19-11-5-4-8-21(15(11)22)13-6-7-17-20(13)3/h6-7,9-11,19H,4-5,8H2,1-3H3,(H,16,18). The Labute approximate surface area is 146 Å². The third-order valence-electron chi connectivity index (χ3n) is 4.22. The van der Waals surface area contributed by atoms with Crippen molar-refractivity contribution in [2.24, 2.45) is 7.05 Å². The van der Waals surface area contributed by atoms with Crippen molar-refractivity contribution >= 4 is 21.7 Å². The van der Waals surface area contributed by atoms with Crippen LogP contribution in [-0.2, 0) is 21.9 Å². The Bertz CT molecular complexity index is 869. The molecule has 0 aromatic carbocycles. The zero-order chi connectivity index (χ0) is 18.2. The van der Waals surface area contributed by atoms with Crippen molar-refractivity contribution in [3.8, 4) is 0 Å². The number of carbonyl (C=O) groups excluding carboxylic acids is 1. The van der Waals surface area contributed by atoms with Crippen LogP contribution in [0.1, 0.15) is 38.4 Å². The van der Waals surface area contributed by atoms with Gasteiger partial charge in [0.25, 0.3) is 10.0 Å². The van der Waals surface area contributed by atoms with Crippen LogP contribution in [0.15, 0.2) is 23.5 Å². The topological polar surface area (TPSA) is 113 Å². The second-order valence-electron chi connectivity index (χ2n) is 6.41. The van der Waals surface area contributed by atoms with Crippen molar-refractivity contribution in [3.63, 3.8) is 0 Å². The van der Waals surface area contributed by atoms with E-state index in [1.54, 1.807) is 28.9 Å². The number of piperidine rings is 1. The quantitative estimate of drug-likeness (QED) is 0.810. The SMILES string of the molecule is CC(C)c1ncc(S(=O)(=O)NC2CCCN(c3ccnn3C)C2=O)[nH]1. The molecule has 9 nitrogen and oxygen atoms in total. The van der Waals surface area contributed by atoms with E-state index in [-0.39, 0.29) is 16.9 Å². The highest BCUT2D eigenvalue weighted by Gasteiger charge is 2.34. The minimum Gasteiger partial charge on any atom is -0.332 e. The van der Waals surface area contributed by atoms with Crippen LogP contribution in [0.2, 0.25) is 0 Å². The predicted molar refractivity (Wildman–Crippen MR) is 91.6 cm³/mol. The molecule has 1 amide bonds. The third-order valence-corrected chi connectivity index (χ3v) is 5.60. The van der Waals surface area contributed by atoms with Gasteiger partial charge in [0.2, 0.25) is 5.91 Å². The molecule has 3 heterocycles. The normalized spacial score (nSPS) is 19.0. The molecule has 2 aromatic rings. The van der Waals surface area contributed by atoms with E-state index in [0.717, 1.165) is 0 Å². The van der Waals surface area contributed by atoms with E-state index in [1.807, 2.05) is 13.8 Å². The smallest absolute Gasteiger partial charge is 0.258 e. The Morgan fingerprint density at radius 1 is 1.40 bits per heavy atom. The molecule has 1 unspecified atom stereocenters. The lowest BCUT2D eigenvalue weighted by Crippen LogP contribution is -2.52. The maximum atomic E-state index is 12.7. The summed E-state index contributed by atoms with van der Waals surface area (Å²) in [6.45, 7) is 4.37. The largest absolute Gasteiger partial charge is 0.332 e. The predicted octanol–water partition coefficient (Wildman–Crippen LogP) is 0.741. The first kappa shape index (κ1) is 17.6. The number of hydrogen-bond acceptors (Lipinski definition) is 5. The van der Waals surface area contributed by atoms with Gasteiger partial charge in [-0.1, -0.05) is 13.8 Å². The van der Waals surface area contributed by atoms with E-state index < -0.39 is 16.1 Å². The van der Waals surface area contributed by atoms with Crippen LogP contribution < -0.4 is 9.62 Å². The Balaban J connectivity index is 1.79. The molecule has 1 fully saturated rings. The summed E-state index contributed by atoms with van der Waals surface area (Å²) >= 11 is 0. The van der Waals surface area contributed by atoms with Gasteiger partial charge in [-0.15, -0.1) is 0 Å². The van der Waals surface area contributed by atoms with Gasteiger partial charge in [0, 0.05) is 25.6 Å². The number of hydrogen-bond donors (Lipinski definition) is 2. The highest BCUT2D eigenvalue weighted by molar-refractivity contribution is 7.89. The second-order valence-corrected chi connectivity index (χ2v) is 8.09. The third kappa shape index (κ3) is 3.45. The number of anilines is 1. The molecule has 0 bridgehead atoms. The zero-order valence-electron chi connectivity index (χ0n) is 14.4. The van der Waals surface area contributed by atoms with Crippen LogP contribution in [0.4, 0.5) is 5.82 Å². The van der Waals surface area contributed by atoms with Crippen LogP contribution in [-0.4, -0.2) is 46.7 Å². The summed E-state index contributed by atoms with van der Waals surface area (Å²) in [6.07, 6.45) is 4.04. The number of aromatic nitrogens is 4. The first-order chi connectivity index (χ1) is 11.8. The Hall–Kier alpha value is -2.20. The Morgan fingerprint density at radius 2 is 2.16 bits per heavy atom. The highest BCUT2D eigenvalue weighted by Crippen LogP contribution is 2.21. The fraction of sp³-hybridized carbons (Fsp3) is 0.533. The number of H-pyrrole nitrogens is 1. The van der Waals surface area contributed by atoms with Gasteiger partial charge in [-0.05, 0) is 12.8 Å². The van der Waals surface area contributed by atoms with E-state index in [9.17, 15) is 13.2 Å². The number of nitrogens with one attached hydrogen (secondary N) is 2. The minimum atomic E-state index is -3.85. The maximum Gasteiger partial charge on any atom is 0.258 e. The first-order valence-corrected chi connectivity index (χ1v) is 9.64. The number of nitrogens with zero attached hydrogens (tertiary/aromatic N) is 4. The molecule has 0 saturated carbocycles. The first-order valence-electron chi connectivity index (χ1n) is 8.16. The summed E-state index contributed by atoms with van der Waals surface area (Å²) in [5.41, 5.74) is 0. The Kier molecular flexibility index (Phi) is 4.65. The lowest BCUT2D eigenvalue weighted by atomic mass is 10.1. The summed E-state index contributed by atoms with van der Waals surface area (Å²) in [7, 11) is -2.10. The molecule has 10 heteroatoms. The summed E-state index contributed by atoms with van der Waals surface area (Å²) in [5, 5.41) is 4.04. The van der Waals surface area contributed by atoms with Gasteiger partial charge < -0.3 is 4.98 Å². The molecule has 0 aliphatic carbocycles. The van der Waals surface area contributed by atoms with E-state index in [0.29, 0.717) is 31.0 Å². The van der Waals surface area contributed by atoms with Crippen molar-refractivity contribution in [1.82, 2.24) is 24.5 Å². The van der Waals surface area contributed by atoms with Crippen LogP contribution in [0.5, 0.6) is 0 Å². The molecule has 1 atom stereocenters. The van der Waals surface area contributed by atoms with Crippen molar-refractivity contribution < 1.29 is 13.2 Å².